The smallest absolute Gasteiger partial charge is 0.248 e. The molecule has 0 saturated carbocycles. The van der Waals surface area contributed by atoms with Gasteiger partial charge < -0.3 is 11.1 Å². The zero-order valence-corrected chi connectivity index (χ0v) is 14.9. The van der Waals surface area contributed by atoms with Gasteiger partial charge in [0, 0.05) is 22.6 Å². The van der Waals surface area contributed by atoms with E-state index in [4.69, 9.17) is 5.73 Å². The molecular weight excluding hydrogens is 324 g/mol. The van der Waals surface area contributed by atoms with Crippen LogP contribution in [-0.4, -0.2) is 27.0 Å². The molecule has 1 atom stereocenters. The lowest BCUT2D eigenvalue weighted by molar-refractivity contribution is -0.115. The number of aromatic nitrogens is 2. The van der Waals surface area contributed by atoms with Crippen molar-refractivity contribution < 1.29 is 9.59 Å². The Morgan fingerprint density at radius 2 is 1.62 bits per heavy atom. The predicted molar refractivity (Wildman–Crippen MR) is 95.2 cm³/mol. The number of carbonyl (C=O) groups is 2. The Kier molecular flexibility index (Phi) is 5.56. The Labute approximate surface area is 145 Å². The van der Waals surface area contributed by atoms with Crippen LogP contribution in [0.1, 0.15) is 34.2 Å². The molecule has 0 spiro atoms. The van der Waals surface area contributed by atoms with Crippen molar-refractivity contribution in [1.82, 2.24) is 9.97 Å². The number of nitrogens with zero attached hydrogens (tertiary/aromatic N) is 2. The number of hydrogen-bond acceptors (Lipinski definition) is 5. The van der Waals surface area contributed by atoms with Crippen LogP contribution in [0.2, 0.25) is 0 Å². The summed E-state index contributed by atoms with van der Waals surface area (Å²) >= 11 is 1.31. The number of hydrogen-bond donors (Lipinski definition) is 2. The molecule has 7 heteroatoms. The molecule has 24 heavy (non-hydrogen) atoms. The first kappa shape index (κ1) is 17.9. The summed E-state index contributed by atoms with van der Waals surface area (Å²) in [5.41, 5.74) is 9.09. The average Bonchev–Trinajstić information content (AvgIpc) is 2.52. The number of nitrogens with two attached hydrogens (primary N) is 1. The van der Waals surface area contributed by atoms with Crippen molar-refractivity contribution in [3.05, 3.63) is 46.8 Å². The van der Waals surface area contributed by atoms with Gasteiger partial charge in [0.15, 0.2) is 5.16 Å². The van der Waals surface area contributed by atoms with Crippen LogP contribution < -0.4 is 11.1 Å². The van der Waals surface area contributed by atoms with Gasteiger partial charge in [0.2, 0.25) is 11.8 Å². The van der Waals surface area contributed by atoms with Crippen LogP contribution in [0.4, 0.5) is 5.69 Å². The molecule has 126 valence electrons. The van der Waals surface area contributed by atoms with Crippen molar-refractivity contribution in [1.29, 1.82) is 0 Å². The van der Waals surface area contributed by atoms with Crippen molar-refractivity contribution in [2.24, 2.45) is 5.73 Å². The quantitative estimate of drug-likeness (QED) is 0.642. The van der Waals surface area contributed by atoms with Gasteiger partial charge in [0.05, 0.1) is 5.25 Å². The zero-order valence-electron chi connectivity index (χ0n) is 14.1. The summed E-state index contributed by atoms with van der Waals surface area (Å²) in [6.45, 7) is 7.63. The summed E-state index contributed by atoms with van der Waals surface area (Å²) in [7, 11) is 0. The van der Waals surface area contributed by atoms with Gasteiger partial charge in [-0.15, -0.1) is 0 Å². The number of carbonyl (C=O) groups excluding carboxylic acids is 2. The largest absolute Gasteiger partial charge is 0.366 e. The monoisotopic (exact) mass is 344 g/mol. The zero-order chi connectivity index (χ0) is 17.9. The number of anilines is 1. The summed E-state index contributed by atoms with van der Waals surface area (Å²) in [5.74, 6) is -0.662. The maximum Gasteiger partial charge on any atom is 0.248 e. The van der Waals surface area contributed by atoms with Crippen LogP contribution in [0, 0.1) is 20.8 Å². The highest BCUT2D eigenvalue weighted by Crippen LogP contribution is 2.23. The molecular formula is C17H20N4O2S. The minimum Gasteiger partial charge on any atom is -0.366 e. The van der Waals surface area contributed by atoms with Gasteiger partial charge in [-0.3, -0.25) is 9.59 Å². The van der Waals surface area contributed by atoms with E-state index >= 15 is 0 Å². The highest BCUT2D eigenvalue weighted by Gasteiger charge is 2.17. The third-order valence-electron chi connectivity index (χ3n) is 3.70. The lowest BCUT2D eigenvalue weighted by Crippen LogP contribution is -2.23. The minimum absolute atomic E-state index is 0.161. The first-order valence-electron chi connectivity index (χ1n) is 7.47. The first-order chi connectivity index (χ1) is 11.3. The third-order valence-corrected chi connectivity index (χ3v) is 4.66. The number of nitrogens with one attached hydrogen (secondary N) is 1. The summed E-state index contributed by atoms with van der Waals surface area (Å²) in [5, 5.41) is 3.03. The van der Waals surface area contributed by atoms with Crippen molar-refractivity contribution in [2.45, 2.75) is 38.1 Å². The van der Waals surface area contributed by atoms with E-state index in [1.54, 1.807) is 31.2 Å². The molecule has 0 aliphatic rings. The van der Waals surface area contributed by atoms with Gasteiger partial charge >= 0.3 is 0 Å². The molecule has 0 aliphatic carbocycles. The Balaban J connectivity index is 2.03. The van der Waals surface area contributed by atoms with E-state index in [0.29, 0.717) is 16.4 Å². The fraction of sp³-hybridized carbons (Fsp3) is 0.294. The molecule has 6 nitrogen and oxygen atoms in total. The van der Waals surface area contributed by atoms with Crippen molar-refractivity contribution in [2.75, 3.05) is 5.32 Å². The fourth-order valence-corrected chi connectivity index (χ4v) is 2.83. The Bertz CT molecular complexity index is 752. The lowest BCUT2D eigenvalue weighted by Gasteiger charge is -2.13. The van der Waals surface area contributed by atoms with Gasteiger partial charge in [-0.1, -0.05) is 11.8 Å². The van der Waals surface area contributed by atoms with Gasteiger partial charge in [-0.25, -0.2) is 9.97 Å². The van der Waals surface area contributed by atoms with Crippen LogP contribution >= 0.6 is 11.8 Å². The molecule has 0 unspecified atom stereocenters. The maximum absolute atomic E-state index is 12.3. The summed E-state index contributed by atoms with van der Waals surface area (Å²) < 4.78 is 0. The molecule has 2 aromatic rings. The topological polar surface area (TPSA) is 98.0 Å². The molecule has 0 radical (unpaired) electrons. The Hall–Kier alpha value is -2.41. The second-order valence-electron chi connectivity index (χ2n) is 5.49. The van der Waals surface area contributed by atoms with Crippen LogP contribution in [0.25, 0.3) is 0 Å². The molecule has 0 fully saturated rings. The second-order valence-corrected chi connectivity index (χ2v) is 6.80. The van der Waals surface area contributed by atoms with E-state index in [-0.39, 0.29) is 11.2 Å². The van der Waals surface area contributed by atoms with E-state index in [1.807, 2.05) is 20.8 Å². The predicted octanol–water partition coefficient (Wildman–Crippen LogP) is 2.62. The molecule has 2 rings (SSSR count). The van der Waals surface area contributed by atoms with Gasteiger partial charge in [-0.2, -0.15) is 0 Å². The highest BCUT2D eigenvalue weighted by molar-refractivity contribution is 8.00. The highest BCUT2D eigenvalue weighted by atomic mass is 32.2. The molecule has 1 aromatic heterocycles. The molecule has 0 bridgehead atoms. The minimum atomic E-state index is -0.501. The van der Waals surface area contributed by atoms with Crippen LogP contribution in [0.15, 0.2) is 29.4 Å². The lowest BCUT2D eigenvalue weighted by atomic mass is 10.2. The molecule has 3 N–H and O–H groups in total. The fourth-order valence-electron chi connectivity index (χ4n) is 1.97. The number of aryl methyl sites for hydroxylation is 2. The summed E-state index contributed by atoms with van der Waals surface area (Å²) in [4.78, 5) is 32.2. The molecule has 1 aromatic carbocycles. The van der Waals surface area contributed by atoms with E-state index < -0.39 is 5.91 Å². The van der Waals surface area contributed by atoms with Crippen molar-refractivity contribution in [3.63, 3.8) is 0 Å². The molecule has 0 saturated heterocycles. The van der Waals surface area contributed by atoms with Crippen molar-refractivity contribution in [3.8, 4) is 0 Å². The summed E-state index contributed by atoms with van der Waals surface area (Å²) in [6.07, 6.45) is 0. The maximum atomic E-state index is 12.3. The van der Waals surface area contributed by atoms with E-state index in [2.05, 4.69) is 15.3 Å². The van der Waals surface area contributed by atoms with Crippen LogP contribution in [0.5, 0.6) is 0 Å². The number of rotatable bonds is 5. The SMILES string of the molecule is Cc1nc(S[C@H](C)C(=O)Nc2ccc(C(N)=O)cc2)nc(C)c1C. The van der Waals surface area contributed by atoms with Gasteiger partial charge in [-0.05, 0) is 57.5 Å². The number of benzene rings is 1. The number of primary amides is 1. The van der Waals surface area contributed by atoms with Crippen LogP contribution in [-0.2, 0) is 4.79 Å². The second kappa shape index (κ2) is 7.44. The van der Waals surface area contributed by atoms with Gasteiger partial charge in [0.1, 0.15) is 0 Å². The molecule has 2 amide bonds. The average molecular weight is 344 g/mol. The van der Waals surface area contributed by atoms with E-state index in [0.717, 1.165) is 17.0 Å². The van der Waals surface area contributed by atoms with E-state index in [9.17, 15) is 9.59 Å². The molecule has 1 heterocycles. The Morgan fingerprint density at radius 3 is 2.12 bits per heavy atom. The van der Waals surface area contributed by atoms with E-state index in [1.165, 1.54) is 11.8 Å². The summed E-state index contributed by atoms with van der Waals surface area (Å²) in [6, 6.07) is 6.44. The molecule has 0 aliphatic heterocycles. The normalized spacial score (nSPS) is 11.8. The van der Waals surface area contributed by atoms with Crippen molar-refractivity contribution >= 4 is 29.3 Å². The first-order valence-corrected chi connectivity index (χ1v) is 8.35. The number of thioether (sulfide) groups is 1. The van der Waals surface area contributed by atoms with Gasteiger partial charge in [0.25, 0.3) is 0 Å². The Morgan fingerprint density at radius 1 is 1.08 bits per heavy atom. The third kappa shape index (κ3) is 4.32. The standard InChI is InChI=1S/C17H20N4O2S/c1-9-10(2)19-17(20-11(9)3)24-12(4)16(23)21-14-7-5-13(6-8-14)15(18)22/h5-8,12H,1-4H3,(H2,18,22)(H,21,23)/t12-/m1/s1. The number of amides is 2. The van der Waals surface area contributed by atoms with Crippen LogP contribution in [0.3, 0.4) is 0 Å².